The minimum atomic E-state index is -0.420. The summed E-state index contributed by atoms with van der Waals surface area (Å²) < 4.78 is 6.51. The SMILES string of the molecule is Cc1nc(C)c(C(=O)Nc2nnnn2C)o1. The molecular formula is C8H10N6O2. The Morgan fingerprint density at radius 3 is 2.69 bits per heavy atom. The van der Waals surface area contributed by atoms with Crippen LogP contribution in [0.25, 0.3) is 0 Å². The van der Waals surface area contributed by atoms with Crippen molar-refractivity contribution < 1.29 is 9.21 Å². The highest BCUT2D eigenvalue weighted by Gasteiger charge is 2.17. The van der Waals surface area contributed by atoms with E-state index in [0.717, 1.165) is 0 Å². The smallest absolute Gasteiger partial charge is 0.295 e. The number of carbonyl (C=O) groups is 1. The van der Waals surface area contributed by atoms with Crippen LogP contribution in [-0.2, 0) is 7.05 Å². The highest BCUT2D eigenvalue weighted by Crippen LogP contribution is 2.11. The van der Waals surface area contributed by atoms with Crippen molar-refractivity contribution in [2.24, 2.45) is 7.05 Å². The van der Waals surface area contributed by atoms with Gasteiger partial charge in [0.15, 0.2) is 5.89 Å². The van der Waals surface area contributed by atoms with Gasteiger partial charge in [0.1, 0.15) is 0 Å². The van der Waals surface area contributed by atoms with Gasteiger partial charge in [-0.25, -0.2) is 9.67 Å². The van der Waals surface area contributed by atoms with Gasteiger partial charge in [-0.3, -0.25) is 10.1 Å². The van der Waals surface area contributed by atoms with Crippen molar-refractivity contribution in [3.63, 3.8) is 0 Å². The zero-order valence-electron chi connectivity index (χ0n) is 9.05. The van der Waals surface area contributed by atoms with E-state index in [1.165, 1.54) is 4.68 Å². The first-order valence-electron chi connectivity index (χ1n) is 4.55. The quantitative estimate of drug-likeness (QED) is 0.771. The predicted octanol–water partition coefficient (Wildman–Crippen LogP) is 0.0672. The zero-order chi connectivity index (χ0) is 11.7. The minimum absolute atomic E-state index is 0.167. The molecule has 0 aliphatic rings. The fraction of sp³-hybridized carbons (Fsp3) is 0.375. The van der Waals surface area contributed by atoms with E-state index < -0.39 is 5.91 Å². The molecule has 8 nitrogen and oxygen atoms in total. The highest BCUT2D eigenvalue weighted by molar-refractivity contribution is 6.01. The van der Waals surface area contributed by atoms with Crippen molar-refractivity contribution in [1.82, 2.24) is 25.2 Å². The van der Waals surface area contributed by atoms with Crippen molar-refractivity contribution in [2.75, 3.05) is 5.32 Å². The maximum atomic E-state index is 11.7. The molecule has 0 aliphatic heterocycles. The van der Waals surface area contributed by atoms with Crippen LogP contribution in [0.15, 0.2) is 4.42 Å². The summed E-state index contributed by atoms with van der Waals surface area (Å²) in [5.41, 5.74) is 0.533. The van der Waals surface area contributed by atoms with E-state index in [1.807, 2.05) is 0 Å². The first-order chi connectivity index (χ1) is 7.58. The number of anilines is 1. The monoisotopic (exact) mass is 222 g/mol. The number of aromatic nitrogens is 5. The Morgan fingerprint density at radius 1 is 1.44 bits per heavy atom. The summed E-state index contributed by atoms with van der Waals surface area (Å²) in [6, 6.07) is 0. The van der Waals surface area contributed by atoms with Gasteiger partial charge in [0.25, 0.3) is 5.91 Å². The molecule has 2 aromatic heterocycles. The van der Waals surface area contributed by atoms with Gasteiger partial charge in [0.05, 0.1) is 5.69 Å². The average Bonchev–Trinajstić information content (AvgIpc) is 2.74. The lowest BCUT2D eigenvalue weighted by Crippen LogP contribution is -2.15. The molecule has 0 unspecified atom stereocenters. The normalized spacial score (nSPS) is 10.4. The van der Waals surface area contributed by atoms with E-state index in [1.54, 1.807) is 20.9 Å². The van der Waals surface area contributed by atoms with Crippen LogP contribution >= 0.6 is 0 Å². The Labute approximate surface area is 90.7 Å². The average molecular weight is 222 g/mol. The number of oxazole rings is 1. The van der Waals surface area contributed by atoms with Crippen LogP contribution in [0, 0.1) is 13.8 Å². The molecule has 0 aromatic carbocycles. The molecule has 0 saturated heterocycles. The van der Waals surface area contributed by atoms with Gasteiger partial charge >= 0.3 is 0 Å². The lowest BCUT2D eigenvalue weighted by atomic mass is 10.3. The maximum Gasteiger partial charge on any atom is 0.295 e. The molecule has 8 heteroatoms. The standard InChI is InChI=1S/C8H10N6O2/c1-4-6(16-5(2)9-4)7(15)10-8-11-12-13-14(8)3/h1-3H3,(H,10,11,13,15). The van der Waals surface area contributed by atoms with Crippen molar-refractivity contribution in [1.29, 1.82) is 0 Å². The van der Waals surface area contributed by atoms with E-state index in [4.69, 9.17) is 4.42 Å². The van der Waals surface area contributed by atoms with Crippen LogP contribution in [-0.4, -0.2) is 31.1 Å². The number of hydrogen-bond acceptors (Lipinski definition) is 6. The molecule has 0 aliphatic carbocycles. The van der Waals surface area contributed by atoms with Crippen LogP contribution in [0.3, 0.4) is 0 Å². The Morgan fingerprint density at radius 2 is 2.19 bits per heavy atom. The number of nitrogens with one attached hydrogen (secondary N) is 1. The number of amides is 1. The van der Waals surface area contributed by atoms with E-state index in [2.05, 4.69) is 25.8 Å². The van der Waals surface area contributed by atoms with Gasteiger partial charge in [-0.1, -0.05) is 5.10 Å². The number of tetrazole rings is 1. The fourth-order valence-corrected chi connectivity index (χ4v) is 1.24. The van der Waals surface area contributed by atoms with Crippen LogP contribution in [0.2, 0.25) is 0 Å². The molecule has 2 aromatic rings. The van der Waals surface area contributed by atoms with Gasteiger partial charge in [0.2, 0.25) is 11.7 Å². The predicted molar refractivity (Wildman–Crippen MR) is 52.7 cm³/mol. The first-order valence-corrected chi connectivity index (χ1v) is 4.55. The molecule has 16 heavy (non-hydrogen) atoms. The Hall–Kier alpha value is -2.25. The van der Waals surface area contributed by atoms with Crippen molar-refractivity contribution in [3.8, 4) is 0 Å². The molecule has 0 radical (unpaired) electrons. The number of rotatable bonds is 2. The van der Waals surface area contributed by atoms with Gasteiger partial charge in [0, 0.05) is 14.0 Å². The van der Waals surface area contributed by atoms with Crippen molar-refractivity contribution >= 4 is 11.9 Å². The summed E-state index contributed by atoms with van der Waals surface area (Å²) in [6.07, 6.45) is 0. The third-order valence-corrected chi connectivity index (χ3v) is 1.96. The number of hydrogen-bond donors (Lipinski definition) is 1. The molecule has 0 saturated carbocycles. The molecule has 1 N–H and O–H groups in total. The molecular weight excluding hydrogens is 212 g/mol. The van der Waals surface area contributed by atoms with Crippen LogP contribution in [0.1, 0.15) is 22.1 Å². The fourth-order valence-electron chi connectivity index (χ4n) is 1.24. The lowest BCUT2D eigenvalue weighted by Gasteiger charge is -1.99. The zero-order valence-corrected chi connectivity index (χ0v) is 9.05. The molecule has 2 heterocycles. The molecule has 84 valence electrons. The summed E-state index contributed by atoms with van der Waals surface area (Å²) in [6.45, 7) is 3.37. The third kappa shape index (κ3) is 1.76. The summed E-state index contributed by atoms with van der Waals surface area (Å²) in [7, 11) is 1.62. The van der Waals surface area contributed by atoms with Crippen LogP contribution in [0.4, 0.5) is 5.95 Å². The summed E-state index contributed by atoms with van der Waals surface area (Å²) >= 11 is 0. The molecule has 1 amide bonds. The topological polar surface area (TPSA) is 98.7 Å². The van der Waals surface area contributed by atoms with Gasteiger partial charge < -0.3 is 4.42 Å². The van der Waals surface area contributed by atoms with Crippen LogP contribution < -0.4 is 5.32 Å². The Balaban J connectivity index is 2.21. The van der Waals surface area contributed by atoms with Crippen molar-refractivity contribution in [2.45, 2.75) is 13.8 Å². The van der Waals surface area contributed by atoms with Gasteiger partial charge in [-0.05, 0) is 17.4 Å². The lowest BCUT2D eigenvalue weighted by molar-refractivity contribution is 0.0993. The Kier molecular flexibility index (Phi) is 2.39. The van der Waals surface area contributed by atoms with E-state index in [0.29, 0.717) is 11.6 Å². The largest absolute Gasteiger partial charge is 0.436 e. The van der Waals surface area contributed by atoms with Crippen LogP contribution in [0.5, 0.6) is 0 Å². The Bertz CT molecular complexity index is 528. The highest BCUT2D eigenvalue weighted by atomic mass is 16.4. The molecule has 0 bridgehead atoms. The molecule has 2 rings (SSSR count). The van der Waals surface area contributed by atoms with E-state index >= 15 is 0 Å². The third-order valence-electron chi connectivity index (χ3n) is 1.96. The van der Waals surface area contributed by atoms with E-state index in [-0.39, 0.29) is 11.7 Å². The molecule has 0 spiro atoms. The molecule has 0 fully saturated rings. The number of carbonyl (C=O) groups excluding carboxylic acids is 1. The number of nitrogens with zero attached hydrogens (tertiary/aromatic N) is 5. The van der Waals surface area contributed by atoms with Crippen molar-refractivity contribution in [3.05, 3.63) is 17.3 Å². The second-order valence-corrected chi connectivity index (χ2v) is 3.23. The summed E-state index contributed by atoms with van der Waals surface area (Å²) in [5.74, 6) is 0.439. The maximum absolute atomic E-state index is 11.7. The van der Waals surface area contributed by atoms with E-state index in [9.17, 15) is 4.79 Å². The summed E-state index contributed by atoms with van der Waals surface area (Å²) in [5, 5.41) is 13.1. The first kappa shape index (κ1) is 10.3. The second kappa shape index (κ2) is 3.72. The van der Waals surface area contributed by atoms with Gasteiger partial charge in [-0.2, -0.15) is 0 Å². The summed E-state index contributed by atoms with van der Waals surface area (Å²) in [4.78, 5) is 15.7. The second-order valence-electron chi connectivity index (χ2n) is 3.23. The molecule has 0 atom stereocenters. The number of aryl methyl sites for hydroxylation is 3. The van der Waals surface area contributed by atoms with Gasteiger partial charge in [-0.15, -0.1) is 0 Å². The minimum Gasteiger partial charge on any atom is -0.436 e.